The molecule has 0 spiro atoms. The lowest BCUT2D eigenvalue weighted by atomic mass is 10.1. The number of aryl methyl sites for hydroxylation is 1. The molecular weight excluding hydrogens is 254 g/mol. The van der Waals surface area contributed by atoms with E-state index < -0.39 is 0 Å². The molecule has 104 valence electrons. The van der Waals surface area contributed by atoms with Crippen LogP contribution in [0.4, 0.5) is 0 Å². The predicted molar refractivity (Wildman–Crippen MR) is 74.7 cm³/mol. The Balaban J connectivity index is 1.75. The number of carbonyl (C=O) groups is 1. The zero-order valence-electron chi connectivity index (χ0n) is 11.4. The molecule has 1 atom stereocenters. The minimum Gasteiger partial charge on any atom is -0.477 e. The van der Waals surface area contributed by atoms with Gasteiger partial charge in [-0.3, -0.25) is 4.79 Å². The van der Waals surface area contributed by atoms with Crippen LogP contribution in [0.1, 0.15) is 35.3 Å². The van der Waals surface area contributed by atoms with Gasteiger partial charge in [-0.15, -0.1) is 0 Å². The standard InChI is InChI=1S/C15H17N3O2/c1-11(12-6-3-2-4-7-12)17-14(19)13-10-16-18-8-5-9-20-15(13)18/h2-4,6-7,10-11H,5,8-9H2,1H3,(H,17,19)/t11-/m1/s1. The monoisotopic (exact) mass is 271 g/mol. The Bertz CT molecular complexity index is 607. The molecule has 1 N–H and O–H groups in total. The summed E-state index contributed by atoms with van der Waals surface area (Å²) in [5.74, 6) is 0.429. The Hall–Kier alpha value is -2.30. The second-order valence-electron chi connectivity index (χ2n) is 4.89. The highest BCUT2D eigenvalue weighted by Crippen LogP contribution is 2.23. The average Bonchev–Trinajstić information content (AvgIpc) is 2.92. The van der Waals surface area contributed by atoms with E-state index in [1.165, 1.54) is 0 Å². The van der Waals surface area contributed by atoms with Crippen molar-refractivity contribution in [2.75, 3.05) is 6.61 Å². The summed E-state index contributed by atoms with van der Waals surface area (Å²) in [4.78, 5) is 12.3. The largest absolute Gasteiger partial charge is 0.477 e. The smallest absolute Gasteiger partial charge is 0.258 e. The fraction of sp³-hybridized carbons (Fsp3) is 0.333. The van der Waals surface area contributed by atoms with Crippen molar-refractivity contribution < 1.29 is 9.53 Å². The lowest BCUT2D eigenvalue weighted by molar-refractivity contribution is 0.0933. The number of aromatic nitrogens is 2. The first-order chi connectivity index (χ1) is 9.75. The van der Waals surface area contributed by atoms with Crippen LogP contribution in [0.3, 0.4) is 0 Å². The maximum absolute atomic E-state index is 12.3. The van der Waals surface area contributed by atoms with Gasteiger partial charge in [0.25, 0.3) is 5.91 Å². The van der Waals surface area contributed by atoms with Crippen molar-refractivity contribution in [2.45, 2.75) is 25.9 Å². The Morgan fingerprint density at radius 2 is 2.20 bits per heavy atom. The molecule has 5 heteroatoms. The highest BCUT2D eigenvalue weighted by Gasteiger charge is 2.22. The van der Waals surface area contributed by atoms with Gasteiger partial charge in [-0.2, -0.15) is 5.10 Å². The highest BCUT2D eigenvalue weighted by atomic mass is 16.5. The molecule has 1 amide bonds. The normalized spacial score (nSPS) is 15.1. The van der Waals surface area contributed by atoms with Gasteiger partial charge in [0.05, 0.1) is 18.8 Å². The van der Waals surface area contributed by atoms with Crippen LogP contribution in [-0.4, -0.2) is 22.3 Å². The van der Waals surface area contributed by atoms with Gasteiger partial charge in [0.15, 0.2) is 0 Å². The Kier molecular flexibility index (Phi) is 3.41. The molecule has 0 fully saturated rings. The third kappa shape index (κ3) is 2.39. The molecule has 0 radical (unpaired) electrons. The van der Waals surface area contributed by atoms with Crippen LogP contribution in [0.5, 0.6) is 5.88 Å². The van der Waals surface area contributed by atoms with Gasteiger partial charge in [-0.05, 0) is 12.5 Å². The molecular formula is C15H17N3O2. The molecule has 1 aromatic carbocycles. The fourth-order valence-electron chi connectivity index (χ4n) is 2.32. The number of hydrogen-bond donors (Lipinski definition) is 1. The molecule has 0 bridgehead atoms. The summed E-state index contributed by atoms with van der Waals surface area (Å²) in [6.07, 6.45) is 2.50. The first-order valence-corrected chi connectivity index (χ1v) is 6.80. The van der Waals surface area contributed by atoms with Gasteiger partial charge in [0.1, 0.15) is 5.56 Å². The van der Waals surface area contributed by atoms with Gasteiger partial charge in [-0.25, -0.2) is 4.68 Å². The second kappa shape index (κ2) is 5.36. The maximum Gasteiger partial charge on any atom is 0.258 e. The van der Waals surface area contributed by atoms with Crippen molar-refractivity contribution in [1.29, 1.82) is 0 Å². The molecule has 0 aliphatic carbocycles. The van der Waals surface area contributed by atoms with Crippen molar-refractivity contribution in [3.05, 3.63) is 47.7 Å². The van der Waals surface area contributed by atoms with Gasteiger partial charge >= 0.3 is 0 Å². The third-order valence-electron chi connectivity index (χ3n) is 3.44. The molecule has 0 saturated heterocycles. The topological polar surface area (TPSA) is 56.2 Å². The lowest BCUT2D eigenvalue weighted by Gasteiger charge is -2.17. The SMILES string of the molecule is C[C@@H](NC(=O)c1cnn2c1OCCC2)c1ccccc1. The van der Waals surface area contributed by atoms with Crippen LogP contribution in [0, 0.1) is 0 Å². The van der Waals surface area contributed by atoms with Crippen LogP contribution < -0.4 is 10.1 Å². The summed E-state index contributed by atoms with van der Waals surface area (Å²) in [5.41, 5.74) is 1.58. The molecule has 1 aliphatic rings. The highest BCUT2D eigenvalue weighted by molar-refractivity contribution is 5.96. The number of amides is 1. The van der Waals surface area contributed by atoms with Gasteiger partial charge in [-0.1, -0.05) is 30.3 Å². The number of carbonyl (C=O) groups excluding carboxylic acids is 1. The first kappa shape index (κ1) is 12.7. The number of ether oxygens (including phenoxy) is 1. The van der Waals surface area contributed by atoms with E-state index in [9.17, 15) is 4.79 Å². The fourth-order valence-corrected chi connectivity index (χ4v) is 2.32. The Morgan fingerprint density at radius 1 is 1.40 bits per heavy atom. The summed E-state index contributed by atoms with van der Waals surface area (Å²) in [7, 11) is 0. The molecule has 5 nitrogen and oxygen atoms in total. The second-order valence-corrected chi connectivity index (χ2v) is 4.89. The summed E-state index contributed by atoms with van der Waals surface area (Å²) in [6.45, 7) is 3.40. The van der Waals surface area contributed by atoms with Crippen LogP contribution in [0.25, 0.3) is 0 Å². The van der Waals surface area contributed by atoms with Crippen molar-refractivity contribution in [3.63, 3.8) is 0 Å². The van der Waals surface area contributed by atoms with Crippen molar-refractivity contribution in [1.82, 2.24) is 15.1 Å². The van der Waals surface area contributed by atoms with Crippen molar-refractivity contribution >= 4 is 5.91 Å². The number of rotatable bonds is 3. The molecule has 3 rings (SSSR count). The van der Waals surface area contributed by atoms with E-state index in [-0.39, 0.29) is 11.9 Å². The van der Waals surface area contributed by atoms with Crippen LogP contribution in [0.15, 0.2) is 36.5 Å². The maximum atomic E-state index is 12.3. The summed E-state index contributed by atoms with van der Waals surface area (Å²) >= 11 is 0. The predicted octanol–water partition coefficient (Wildman–Crippen LogP) is 2.16. The van der Waals surface area contributed by atoms with E-state index in [2.05, 4.69) is 10.4 Å². The number of nitrogens with one attached hydrogen (secondary N) is 1. The van der Waals surface area contributed by atoms with E-state index in [1.54, 1.807) is 10.9 Å². The molecule has 0 unspecified atom stereocenters. The minimum absolute atomic E-state index is 0.0529. The average molecular weight is 271 g/mol. The minimum atomic E-state index is -0.149. The summed E-state index contributed by atoms with van der Waals surface area (Å²) in [6, 6.07) is 9.82. The van der Waals surface area contributed by atoms with Gasteiger partial charge < -0.3 is 10.1 Å². The van der Waals surface area contributed by atoms with Gasteiger partial charge in [0.2, 0.25) is 5.88 Å². The molecule has 0 saturated carbocycles. The van der Waals surface area contributed by atoms with E-state index >= 15 is 0 Å². The summed E-state index contributed by atoms with van der Waals surface area (Å²) < 4.78 is 7.28. The van der Waals surface area contributed by atoms with E-state index in [4.69, 9.17) is 4.74 Å². The lowest BCUT2D eigenvalue weighted by Crippen LogP contribution is -2.27. The Labute approximate surface area is 117 Å². The van der Waals surface area contributed by atoms with E-state index in [1.807, 2.05) is 37.3 Å². The zero-order chi connectivity index (χ0) is 13.9. The van der Waals surface area contributed by atoms with Crippen molar-refractivity contribution in [2.24, 2.45) is 0 Å². The Morgan fingerprint density at radius 3 is 3.00 bits per heavy atom. The van der Waals surface area contributed by atoms with Crippen LogP contribution >= 0.6 is 0 Å². The zero-order valence-corrected chi connectivity index (χ0v) is 11.4. The van der Waals surface area contributed by atoms with Gasteiger partial charge in [0, 0.05) is 13.0 Å². The number of hydrogen-bond acceptors (Lipinski definition) is 3. The molecule has 2 heterocycles. The van der Waals surface area contributed by atoms with E-state index in [0.29, 0.717) is 18.1 Å². The number of fused-ring (bicyclic) bond motifs is 1. The summed E-state index contributed by atoms with van der Waals surface area (Å²) in [5, 5.41) is 7.17. The molecule has 1 aliphatic heterocycles. The number of nitrogens with zero attached hydrogens (tertiary/aromatic N) is 2. The molecule has 20 heavy (non-hydrogen) atoms. The molecule has 2 aromatic rings. The van der Waals surface area contributed by atoms with Crippen LogP contribution in [-0.2, 0) is 6.54 Å². The van der Waals surface area contributed by atoms with Crippen LogP contribution in [0.2, 0.25) is 0 Å². The quantitative estimate of drug-likeness (QED) is 0.930. The van der Waals surface area contributed by atoms with Crippen molar-refractivity contribution in [3.8, 4) is 5.88 Å². The number of benzene rings is 1. The van der Waals surface area contributed by atoms with E-state index in [0.717, 1.165) is 18.5 Å². The third-order valence-corrected chi connectivity index (χ3v) is 3.44. The molecule has 1 aromatic heterocycles. The first-order valence-electron chi connectivity index (χ1n) is 6.80.